The van der Waals surface area contributed by atoms with Crippen molar-refractivity contribution in [3.63, 3.8) is 0 Å². The van der Waals surface area contributed by atoms with E-state index in [2.05, 4.69) is 4.98 Å². The molecule has 4 heteroatoms. The van der Waals surface area contributed by atoms with Crippen LogP contribution < -0.4 is 0 Å². The molecule has 1 aromatic carbocycles. The summed E-state index contributed by atoms with van der Waals surface area (Å²) in [7, 11) is 0. The van der Waals surface area contributed by atoms with Gasteiger partial charge in [-0.15, -0.1) is 0 Å². The highest BCUT2D eigenvalue weighted by atomic mass is 16.4. The first-order valence-corrected chi connectivity index (χ1v) is 5.46. The molecule has 0 spiro atoms. The molecule has 17 heavy (non-hydrogen) atoms. The predicted octanol–water partition coefficient (Wildman–Crippen LogP) is 2.13. The molecule has 0 saturated heterocycles. The molecule has 0 bridgehead atoms. The molecule has 2 aromatic rings. The van der Waals surface area contributed by atoms with E-state index < -0.39 is 5.97 Å². The van der Waals surface area contributed by atoms with Gasteiger partial charge < -0.3 is 9.67 Å². The molecule has 88 valence electrons. The van der Waals surface area contributed by atoms with E-state index in [1.807, 2.05) is 29.8 Å². The van der Waals surface area contributed by atoms with Crippen molar-refractivity contribution in [2.24, 2.45) is 0 Å². The lowest BCUT2D eigenvalue weighted by molar-refractivity contribution is 0.0697. The van der Waals surface area contributed by atoms with E-state index in [0.29, 0.717) is 5.56 Å². The Hall–Kier alpha value is -2.10. The van der Waals surface area contributed by atoms with Gasteiger partial charge in [-0.2, -0.15) is 0 Å². The lowest BCUT2D eigenvalue weighted by atomic mass is 10.1. The van der Waals surface area contributed by atoms with Gasteiger partial charge >= 0.3 is 5.97 Å². The topological polar surface area (TPSA) is 55.1 Å². The quantitative estimate of drug-likeness (QED) is 0.875. The molecule has 0 aliphatic carbocycles. The van der Waals surface area contributed by atoms with E-state index in [0.717, 1.165) is 24.2 Å². The van der Waals surface area contributed by atoms with Crippen LogP contribution in [0.25, 0.3) is 0 Å². The molecule has 1 heterocycles. The van der Waals surface area contributed by atoms with E-state index in [9.17, 15) is 4.79 Å². The standard InChI is InChI=1S/C13H14N2O2/c1-10-8-15(9-14-10)7-6-11-2-4-12(5-3-11)13(16)17/h2-5,8-9H,6-7H2,1H3,(H,16,17). The van der Waals surface area contributed by atoms with Gasteiger partial charge in [0.25, 0.3) is 0 Å². The summed E-state index contributed by atoms with van der Waals surface area (Å²) < 4.78 is 2.03. The Morgan fingerprint density at radius 1 is 1.35 bits per heavy atom. The Labute approximate surface area is 99.5 Å². The highest BCUT2D eigenvalue weighted by Gasteiger charge is 2.01. The number of nitrogens with zero attached hydrogens (tertiary/aromatic N) is 2. The first kappa shape index (κ1) is 11.4. The second-order valence-electron chi connectivity index (χ2n) is 4.00. The van der Waals surface area contributed by atoms with Crippen LogP contribution in [0.3, 0.4) is 0 Å². The van der Waals surface area contributed by atoms with E-state index in [1.165, 1.54) is 0 Å². The third-order valence-electron chi connectivity index (χ3n) is 2.62. The number of aryl methyl sites for hydroxylation is 3. The van der Waals surface area contributed by atoms with Gasteiger partial charge in [0, 0.05) is 12.7 Å². The molecule has 2 rings (SSSR count). The highest BCUT2D eigenvalue weighted by molar-refractivity contribution is 5.87. The summed E-state index contributed by atoms with van der Waals surface area (Å²) in [5, 5.41) is 8.77. The molecular formula is C13H14N2O2. The van der Waals surface area contributed by atoms with Crippen LogP contribution in [-0.4, -0.2) is 20.6 Å². The van der Waals surface area contributed by atoms with Gasteiger partial charge in [-0.1, -0.05) is 12.1 Å². The highest BCUT2D eigenvalue weighted by Crippen LogP contribution is 2.06. The molecule has 0 saturated carbocycles. The van der Waals surface area contributed by atoms with E-state index in [-0.39, 0.29) is 0 Å². The van der Waals surface area contributed by atoms with Gasteiger partial charge in [0.05, 0.1) is 17.6 Å². The molecular weight excluding hydrogens is 216 g/mol. The minimum absolute atomic E-state index is 0.326. The minimum Gasteiger partial charge on any atom is -0.478 e. The maximum absolute atomic E-state index is 10.7. The second-order valence-corrected chi connectivity index (χ2v) is 4.00. The molecule has 1 N–H and O–H groups in total. The number of carbonyl (C=O) groups is 1. The van der Waals surface area contributed by atoms with Gasteiger partial charge in [-0.05, 0) is 31.0 Å². The molecule has 0 radical (unpaired) electrons. The van der Waals surface area contributed by atoms with Crippen LogP contribution in [0.1, 0.15) is 21.6 Å². The summed E-state index contributed by atoms with van der Waals surface area (Å²) in [4.78, 5) is 14.8. The number of carboxylic acids is 1. The van der Waals surface area contributed by atoms with Crippen molar-refractivity contribution >= 4 is 5.97 Å². The third kappa shape index (κ3) is 2.93. The van der Waals surface area contributed by atoms with Crippen LogP contribution in [-0.2, 0) is 13.0 Å². The number of carboxylic acid groups (broad SMARTS) is 1. The van der Waals surface area contributed by atoms with Crippen LogP contribution in [0.2, 0.25) is 0 Å². The second kappa shape index (κ2) is 4.82. The predicted molar refractivity (Wildman–Crippen MR) is 64.1 cm³/mol. The number of hydrogen-bond acceptors (Lipinski definition) is 2. The van der Waals surface area contributed by atoms with Gasteiger partial charge in [0.2, 0.25) is 0 Å². The molecule has 4 nitrogen and oxygen atoms in total. The Morgan fingerprint density at radius 3 is 2.59 bits per heavy atom. The molecule has 0 atom stereocenters. The molecule has 1 aromatic heterocycles. The summed E-state index contributed by atoms with van der Waals surface area (Å²) in [5.74, 6) is -0.887. The van der Waals surface area contributed by atoms with Gasteiger partial charge in [0.1, 0.15) is 0 Å². The Kier molecular flexibility index (Phi) is 3.23. The van der Waals surface area contributed by atoms with Crippen LogP contribution >= 0.6 is 0 Å². The fourth-order valence-electron chi connectivity index (χ4n) is 1.67. The van der Waals surface area contributed by atoms with E-state index in [4.69, 9.17) is 5.11 Å². The monoisotopic (exact) mass is 230 g/mol. The molecule has 0 aliphatic heterocycles. The van der Waals surface area contributed by atoms with Crippen molar-refractivity contribution in [1.29, 1.82) is 0 Å². The van der Waals surface area contributed by atoms with E-state index >= 15 is 0 Å². The SMILES string of the molecule is Cc1cn(CCc2ccc(C(=O)O)cc2)cn1. The maximum atomic E-state index is 10.7. The average molecular weight is 230 g/mol. The smallest absolute Gasteiger partial charge is 0.335 e. The van der Waals surface area contributed by atoms with Crippen LogP contribution in [0.5, 0.6) is 0 Å². The maximum Gasteiger partial charge on any atom is 0.335 e. The van der Waals surface area contributed by atoms with Crippen molar-refractivity contribution in [2.75, 3.05) is 0 Å². The van der Waals surface area contributed by atoms with Crippen LogP contribution in [0.4, 0.5) is 0 Å². The number of hydrogen-bond donors (Lipinski definition) is 1. The number of rotatable bonds is 4. The third-order valence-corrected chi connectivity index (χ3v) is 2.62. The summed E-state index contributed by atoms with van der Waals surface area (Å²) in [6.07, 6.45) is 4.67. The summed E-state index contributed by atoms with van der Waals surface area (Å²) >= 11 is 0. The summed E-state index contributed by atoms with van der Waals surface area (Å²) in [6, 6.07) is 6.98. The zero-order chi connectivity index (χ0) is 12.3. The van der Waals surface area contributed by atoms with Crippen molar-refractivity contribution in [1.82, 2.24) is 9.55 Å². The Bertz CT molecular complexity index is 514. The Morgan fingerprint density at radius 2 is 2.06 bits per heavy atom. The largest absolute Gasteiger partial charge is 0.478 e. The minimum atomic E-state index is -0.887. The van der Waals surface area contributed by atoms with E-state index in [1.54, 1.807) is 18.5 Å². The van der Waals surface area contributed by atoms with Crippen LogP contribution in [0, 0.1) is 6.92 Å². The number of aromatic nitrogens is 2. The number of imidazole rings is 1. The number of benzene rings is 1. The van der Waals surface area contributed by atoms with Crippen molar-refractivity contribution in [2.45, 2.75) is 19.9 Å². The van der Waals surface area contributed by atoms with Crippen molar-refractivity contribution in [3.8, 4) is 0 Å². The zero-order valence-electron chi connectivity index (χ0n) is 9.63. The van der Waals surface area contributed by atoms with Crippen molar-refractivity contribution in [3.05, 3.63) is 53.6 Å². The first-order chi connectivity index (χ1) is 8.15. The lowest BCUT2D eigenvalue weighted by Crippen LogP contribution is -2.00. The van der Waals surface area contributed by atoms with Crippen LogP contribution in [0.15, 0.2) is 36.8 Å². The fourth-order valence-corrected chi connectivity index (χ4v) is 1.67. The van der Waals surface area contributed by atoms with Gasteiger partial charge in [-0.25, -0.2) is 9.78 Å². The molecule has 0 aliphatic rings. The fraction of sp³-hybridized carbons (Fsp3) is 0.231. The normalized spacial score (nSPS) is 10.4. The zero-order valence-corrected chi connectivity index (χ0v) is 9.63. The first-order valence-electron chi connectivity index (χ1n) is 5.46. The summed E-state index contributed by atoms with van der Waals surface area (Å²) in [5.41, 5.74) is 2.46. The average Bonchev–Trinajstić information content (AvgIpc) is 2.73. The molecule has 0 fully saturated rings. The Balaban J connectivity index is 1.97. The van der Waals surface area contributed by atoms with Crippen molar-refractivity contribution < 1.29 is 9.90 Å². The van der Waals surface area contributed by atoms with Gasteiger partial charge in [-0.3, -0.25) is 0 Å². The summed E-state index contributed by atoms with van der Waals surface area (Å²) in [6.45, 7) is 2.81. The van der Waals surface area contributed by atoms with Gasteiger partial charge in [0.15, 0.2) is 0 Å². The molecule has 0 amide bonds. The molecule has 0 unspecified atom stereocenters. The number of aromatic carboxylic acids is 1. The lowest BCUT2D eigenvalue weighted by Gasteiger charge is -2.03.